The van der Waals surface area contributed by atoms with Crippen molar-refractivity contribution in [3.8, 4) is 5.69 Å². The molecule has 1 N–H and O–H groups in total. The van der Waals surface area contributed by atoms with Crippen molar-refractivity contribution in [2.75, 3.05) is 6.54 Å². The van der Waals surface area contributed by atoms with Gasteiger partial charge in [0.15, 0.2) is 5.11 Å². The first kappa shape index (κ1) is 17.4. The molecule has 3 rings (SSSR count). The molecule has 1 fully saturated rings. The Kier molecular flexibility index (Phi) is 4.72. The minimum Gasteiger partial charge on any atom is -0.328 e. The van der Waals surface area contributed by atoms with Gasteiger partial charge in [-0.05, 0) is 50.2 Å². The SMILES string of the molecule is Cc1nn(-c2ccccc2)c(C)c1/C=C1/NC(=S)N(CC(C)C)C1=O. The van der Waals surface area contributed by atoms with E-state index in [4.69, 9.17) is 12.2 Å². The van der Waals surface area contributed by atoms with Crippen LogP contribution in [-0.4, -0.2) is 32.2 Å². The first-order chi connectivity index (χ1) is 11.9. The summed E-state index contributed by atoms with van der Waals surface area (Å²) in [6, 6.07) is 9.95. The Morgan fingerprint density at radius 1 is 1.24 bits per heavy atom. The van der Waals surface area contributed by atoms with Crippen LogP contribution in [0.4, 0.5) is 0 Å². The third-order valence-corrected chi connectivity index (χ3v) is 4.47. The molecule has 6 heteroatoms. The summed E-state index contributed by atoms with van der Waals surface area (Å²) in [7, 11) is 0. The number of amides is 1. The van der Waals surface area contributed by atoms with Gasteiger partial charge >= 0.3 is 0 Å². The molecular formula is C19H22N4OS. The van der Waals surface area contributed by atoms with Gasteiger partial charge in [0.25, 0.3) is 5.91 Å². The van der Waals surface area contributed by atoms with Crippen LogP contribution >= 0.6 is 12.2 Å². The van der Waals surface area contributed by atoms with Gasteiger partial charge in [0.05, 0.1) is 11.4 Å². The van der Waals surface area contributed by atoms with Crippen LogP contribution in [0.2, 0.25) is 0 Å². The first-order valence-electron chi connectivity index (χ1n) is 8.34. The van der Waals surface area contributed by atoms with Gasteiger partial charge in [-0.1, -0.05) is 32.0 Å². The maximum absolute atomic E-state index is 12.6. The number of para-hydroxylation sites is 1. The standard InChI is InChI=1S/C19H22N4OS/c1-12(2)11-22-18(24)17(20-19(22)25)10-16-13(3)21-23(14(16)4)15-8-6-5-7-9-15/h5-10,12H,11H2,1-4H3,(H,20,25)/b17-10+. The zero-order valence-corrected chi connectivity index (χ0v) is 15.7. The summed E-state index contributed by atoms with van der Waals surface area (Å²) < 4.78 is 1.89. The average Bonchev–Trinajstić information content (AvgIpc) is 3.00. The first-order valence-corrected chi connectivity index (χ1v) is 8.75. The molecule has 1 saturated heterocycles. The van der Waals surface area contributed by atoms with E-state index in [9.17, 15) is 4.79 Å². The van der Waals surface area contributed by atoms with Crippen LogP contribution in [0.5, 0.6) is 0 Å². The van der Waals surface area contributed by atoms with Gasteiger partial charge in [-0.2, -0.15) is 5.10 Å². The highest BCUT2D eigenvalue weighted by Gasteiger charge is 2.31. The largest absolute Gasteiger partial charge is 0.328 e. The minimum atomic E-state index is -0.0787. The van der Waals surface area contributed by atoms with Crippen molar-refractivity contribution < 1.29 is 4.79 Å². The Morgan fingerprint density at radius 2 is 1.92 bits per heavy atom. The molecule has 0 unspecified atom stereocenters. The fraction of sp³-hybridized carbons (Fsp3) is 0.316. The number of nitrogens with one attached hydrogen (secondary N) is 1. The monoisotopic (exact) mass is 354 g/mol. The van der Waals surface area contributed by atoms with Crippen molar-refractivity contribution in [1.29, 1.82) is 0 Å². The van der Waals surface area contributed by atoms with Crippen LogP contribution in [0.15, 0.2) is 36.0 Å². The lowest BCUT2D eigenvalue weighted by molar-refractivity contribution is -0.122. The molecule has 25 heavy (non-hydrogen) atoms. The van der Waals surface area contributed by atoms with E-state index in [1.54, 1.807) is 4.90 Å². The molecule has 5 nitrogen and oxygen atoms in total. The molecule has 0 radical (unpaired) electrons. The highest BCUT2D eigenvalue weighted by Crippen LogP contribution is 2.22. The summed E-state index contributed by atoms with van der Waals surface area (Å²) in [4.78, 5) is 14.3. The summed E-state index contributed by atoms with van der Waals surface area (Å²) >= 11 is 5.31. The molecule has 1 aliphatic rings. The van der Waals surface area contributed by atoms with E-state index < -0.39 is 0 Å². The third kappa shape index (κ3) is 3.35. The molecular weight excluding hydrogens is 332 g/mol. The second-order valence-electron chi connectivity index (χ2n) is 6.63. The van der Waals surface area contributed by atoms with Crippen molar-refractivity contribution in [3.63, 3.8) is 0 Å². The zero-order valence-electron chi connectivity index (χ0n) is 14.9. The number of carbonyl (C=O) groups excluding carboxylic acids is 1. The quantitative estimate of drug-likeness (QED) is 0.677. The Bertz CT molecular complexity index is 852. The molecule has 1 aromatic heterocycles. The fourth-order valence-corrected chi connectivity index (χ4v) is 3.20. The summed E-state index contributed by atoms with van der Waals surface area (Å²) in [6.45, 7) is 8.69. The van der Waals surface area contributed by atoms with Gasteiger partial charge < -0.3 is 5.32 Å². The molecule has 0 atom stereocenters. The summed E-state index contributed by atoms with van der Waals surface area (Å²) in [6.07, 6.45) is 1.85. The van der Waals surface area contributed by atoms with Gasteiger partial charge in [-0.3, -0.25) is 9.69 Å². The van der Waals surface area contributed by atoms with Gasteiger partial charge in [-0.25, -0.2) is 4.68 Å². The van der Waals surface area contributed by atoms with E-state index in [1.165, 1.54) is 0 Å². The summed E-state index contributed by atoms with van der Waals surface area (Å²) in [5.74, 6) is 0.275. The second-order valence-corrected chi connectivity index (χ2v) is 7.02. The molecule has 1 aromatic carbocycles. The van der Waals surface area contributed by atoms with Crippen molar-refractivity contribution in [2.24, 2.45) is 5.92 Å². The molecule has 1 aliphatic heterocycles. The molecule has 0 spiro atoms. The van der Waals surface area contributed by atoms with Crippen LogP contribution < -0.4 is 5.32 Å². The molecule has 2 heterocycles. The molecule has 0 saturated carbocycles. The Hall–Kier alpha value is -2.47. The smallest absolute Gasteiger partial charge is 0.276 e. The molecule has 2 aromatic rings. The Morgan fingerprint density at radius 3 is 2.56 bits per heavy atom. The lowest BCUT2D eigenvalue weighted by Crippen LogP contribution is -2.33. The van der Waals surface area contributed by atoms with Gasteiger partial charge in [0.2, 0.25) is 0 Å². The number of benzene rings is 1. The van der Waals surface area contributed by atoms with Crippen molar-refractivity contribution in [1.82, 2.24) is 20.0 Å². The second kappa shape index (κ2) is 6.80. The Labute approximate surface area is 153 Å². The summed E-state index contributed by atoms with van der Waals surface area (Å²) in [5, 5.41) is 8.13. The number of thiocarbonyl (C=S) groups is 1. The van der Waals surface area contributed by atoms with Crippen LogP contribution in [-0.2, 0) is 4.79 Å². The topological polar surface area (TPSA) is 50.2 Å². The zero-order chi connectivity index (χ0) is 18.1. The number of aryl methyl sites for hydroxylation is 1. The molecule has 0 bridgehead atoms. The number of nitrogens with zero attached hydrogens (tertiary/aromatic N) is 3. The van der Waals surface area contributed by atoms with E-state index in [-0.39, 0.29) is 5.91 Å². The maximum atomic E-state index is 12.6. The third-order valence-electron chi connectivity index (χ3n) is 4.15. The average molecular weight is 354 g/mol. The lowest BCUT2D eigenvalue weighted by Gasteiger charge is -2.15. The fourth-order valence-electron chi connectivity index (χ4n) is 2.93. The predicted molar refractivity (Wildman–Crippen MR) is 103 cm³/mol. The van der Waals surface area contributed by atoms with Gasteiger partial charge in [0.1, 0.15) is 5.70 Å². The van der Waals surface area contributed by atoms with Crippen molar-refractivity contribution >= 4 is 29.3 Å². The maximum Gasteiger partial charge on any atom is 0.276 e. The molecule has 1 amide bonds. The summed E-state index contributed by atoms with van der Waals surface area (Å²) in [5.41, 5.74) is 4.30. The van der Waals surface area contributed by atoms with Crippen LogP contribution in [0.3, 0.4) is 0 Å². The lowest BCUT2D eigenvalue weighted by atomic mass is 10.1. The van der Waals surface area contributed by atoms with E-state index in [0.717, 1.165) is 22.6 Å². The predicted octanol–water partition coefficient (Wildman–Crippen LogP) is 3.20. The van der Waals surface area contributed by atoms with Crippen LogP contribution in [0.1, 0.15) is 30.8 Å². The van der Waals surface area contributed by atoms with Gasteiger partial charge in [0, 0.05) is 17.8 Å². The molecule has 130 valence electrons. The highest BCUT2D eigenvalue weighted by molar-refractivity contribution is 7.80. The van der Waals surface area contributed by atoms with Crippen molar-refractivity contribution in [2.45, 2.75) is 27.7 Å². The normalized spacial score (nSPS) is 16.2. The van der Waals surface area contributed by atoms with Crippen molar-refractivity contribution in [3.05, 3.63) is 53.0 Å². The van der Waals surface area contributed by atoms with Crippen LogP contribution in [0.25, 0.3) is 11.8 Å². The van der Waals surface area contributed by atoms with E-state index in [0.29, 0.717) is 23.3 Å². The number of hydrogen-bond donors (Lipinski definition) is 1. The highest BCUT2D eigenvalue weighted by atomic mass is 32.1. The number of aromatic nitrogens is 2. The van der Waals surface area contributed by atoms with E-state index in [2.05, 4.69) is 24.3 Å². The number of carbonyl (C=O) groups is 1. The Balaban J connectivity index is 1.96. The van der Waals surface area contributed by atoms with Crippen LogP contribution in [0, 0.1) is 19.8 Å². The van der Waals surface area contributed by atoms with E-state index >= 15 is 0 Å². The number of hydrogen-bond acceptors (Lipinski definition) is 3. The number of rotatable bonds is 4. The molecule has 0 aliphatic carbocycles. The van der Waals surface area contributed by atoms with E-state index in [1.807, 2.05) is 54.9 Å². The van der Waals surface area contributed by atoms with Gasteiger partial charge in [-0.15, -0.1) is 0 Å². The minimum absolute atomic E-state index is 0.0787.